The molecule has 1 N–H and O–H groups in total. The van der Waals surface area contributed by atoms with E-state index < -0.39 is 0 Å². The number of hydrogen-bond donors (Lipinski definition) is 1. The number of amides is 1. The third-order valence-electron chi connectivity index (χ3n) is 5.70. The summed E-state index contributed by atoms with van der Waals surface area (Å²) >= 11 is 0. The van der Waals surface area contributed by atoms with Crippen molar-refractivity contribution >= 4 is 11.7 Å². The summed E-state index contributed by atoms with van der Waals surface area (Å²) in [6, 6.07) is 15.8. The molecule has 5 rings (SSSR count). The van der Waals surface area contributed by atoms with Crippen LogP contribution in [0.2, 0.25) is 0 Å². The molecule has 0 radical (unpaired) electrons. The first kappa shape index (κ1) is 19.9. The summed E-state index contributed by atoms with van der Waals surface area (Å²) in [4.78, 5) is 17.3. The number of para-hydroxylation sites is 1. The van der Waals surface area contributed by atoms with E-state index in [1.807, 2.05) is 62.4 Å². The summed E-state index contributed by atoms with van der Waals surface area (Å²) in [5.74, 6) is 1.32. The van der Waals surface area contributed by atoms with Crippen molar-refractivity contribution < 1.29 is 9.53 Å². The topological polar surface area (TPSA) is 94.8 Å². The van der Waals surface area contributed by atoms with Crippen LogP contribution in [0.3, 0.4) is 0 Å². The van der Waals surface area contributed by atoms with Crippen molar-refractivity contribution in [2.24, 2.45) is 0 Å². The number of aromatic nitrogens is 5. The van der Waals surface area contributed by atoms with Crippen LogP contribution < -0.4 is 10.1 Å². The average Bonchev–Trinajstić information content (AvgIpc) is 3.15. The zero-order chi connectivity index (χ0) is 22.2. The molecule has 1 aliphatic heterocycles. The Kier molecular flexibility index (Phi) is 4.89. The zero-order valence-corrected chi connectivity index (χ0v) is 18.0. The maximum atomic E-state index is 12.7. The minimum Gasteiger partial charge on any atom is -0.496 e. The second-order valence-electron chi connectivity index (χ2n) is 7.81. The molecular weight excluding hydrogens is 404 g/mol. The minimum atomic E-state index is -0.183. The van der Waals surface area contributed by atoms with Gasteiger partial charge in [-0.25, -0.2) is 4.98 Å². The summed E-state index contributed by atoms with van der Waals surface area (Å²) < 4.78 is 7.12. The van der Waals surface area contributed by atoms with Gasteiger partial charge in [0.2, 0.25) is 5.91 Å². The fourth-order valence-electron chi connectivity index (χ4n) is 4.16. The normalized spacial score (nSPS) is 15.2. The lowest BCUT2D eigenvalue weighted by molar-refractivity contribution is -0.116. The first-order valence-electron chi connectivity index (χ1n) is 10.3. The third kappa shape index (κ3) is 3.39. The lowest BCUT2D eigenvalue weighted by Crippen LogP contribution is -2.25. The number of benzene rings is 2. The largest absolute Gasteiger partial charge is 0.496 e. The van der Waals surface area contributed by atoms with Crippen LogP contribution in [0.15, 0.2) is 54.7 Å². The van der Waals surface area contributed by atoms with Crippen molar-refractivity contribution in [1.82, 2.24) is 25.0 Å². The number of methoxy groups -OCH3 is 1. The van der Waals surface area contributed by atoms with Crippen LogP contribution in [-0.4, -0.2) is 38.0 Å². The van der Waals surface area contributed by atoms with Gasteiger partial charge in [0.1, 0.15) is 11.6 Å². The van der Waals surface area contributed by atoms with Crippen LogP contribution in [0.4, 0.5) is 5.82 Å². The standard InChI is InChI=1S/C24H22N6O2/c1-14-8-10-16(11-9-14)19-13-25-28-24(26-19)30-23-22(15(2)29-30)18(12-21(31)27-23)17-6-4-5-7-20(17)32-3/h4-11,13,18H,12H2,1-3H3,(H,27,31)/t18-/m1/s1. The summed E-state index contributed by atoms with van der Waals surface area (Å²) in [6.07, 6.45) is 1.93. The monoisotopic (exact) mass is 426 g/mol. The third-order valence-corrected chi connectivity index (χ3v) is 5.70. The van der Waals surface area contributed by atoms with Crippen molar-refractivity contribution in [1.29, 1.82) is 0 Å². The number of nitrogens with one attached hydrogen (secondary N) is 1. The van der Waals surface area contributed by atoms with Crippen molar-refractivity contribution in [3.63, 3.8) is 0 Å². The number of aryl methyl sites for hydroxylation is 2. The first-order chi connectivity index (χ1) is 15.5. The molecule has 0 spiro atoms. The molecule has 0 saturated heterocycles. The molecule has 1 amide bonds. The zero-order valence-electron chi connectivity index (χ0n) is 18.0. The second-order valence-corrected chi connectivity index (χ2v) is 7.81. The summed E-state index contributed by atoms with van der Waals surface area (Å²) in [7, 11) is 1.63. The van der Waals surface area contributed by atoms with Crippen LogP contribution in [0, 0.1) is 13.8 Å². The molecule has 2 aromatic carbocycles. The predicted octanol–water partition coefficient (Wildman–Crippen LogP) is 3.82. The van der Waals surface area contributed by atoms with Gasteiger partial charge < -0.3 is 10.1 Å². The van der Waals surface area contributed by atoms with E-state index >= 15 is 0 Å². The van der Waals surface area contributed by atoms with Crippen LogP contribution in [0.5, 0.6) is 5.75 Å². The number of fused-ring (bicyclic) bond motifs is 1. The molecule has 1 aliphatic rings. The molecule has 8 nitrogen and oxygen atoms in total. The fourth-order valence-corrected chi connectivity index (χ4v) is 4.16. The van der Waals surface area contributed by atoms with Gasteiger partial charge in [0.25, 0.3) is 5.95 Å². The van der Waals surface area contributed by atoms with Gasteiger partial charge in [-0.1, -0.05) is 48.0 Å². The molecule has 0 saturated carbocycles. The molecule has 1 atom stereocenters. The highest BCUT2D eigenvalue weighted by Gasteiger charge is 2.34. The van der Waals surface area contributed by atoms with Gasteiger partial charge in [-0.05, 0) is 19.9 Å². The Morgan fingerprint density at radius 2 is 1.88 bits per heavy atom. The number of carbonyl (C=O) groups is 1. The number of ether oxygens (including phenoxy) is 1. The molecule has 0 fully saturated rings. The molecule has 32 heavy (non-hydrogen) atoms. The Hall–Kier alpha value is -4.07. The molecule has 0 aliphatic carbocycles. The van der Waals surface area contributed by atoms with Gasteiger partial charge in [0.15, 0.2) is 0 Å². The van der Waals surface area contributed by atoms with E-state index in [9.17, 15) is 4.79 Å². The number of rotatable bonds is 4. The van der Waals surface area contributed by atoms with E-state index in [0.717, 1.165) is 33.7 Å². The molecule has 160 valence electrons. The Balaban J connectivity index is 1.62. The minimum absolute atomic E-state index is 0.0998. The lowest BCUT2D eigenvalue weighted by Gasteiger charge is -2.25. The van der Waals surface area contributed by atoms with Crippen molar-refractivity contribution in [3.05, 3.63) is 77.1 Å². The van der Waals surface area contributed by atoms with Crippen molar-refractivity contribution in [2.45, 2.75) is 26.2 Å². The summed E-state index contributed by atoms with van der Waals surface area (Å²) in [5, 5.41) is 16.0. The second kappa shape index (κ2) is 7.88. The maximum Gasteiger partial charge on any atom is 0.272 e. The lowest BCUT2D eigenvalue weighted by atomic mass is 9.85. The van der Waals surface area contributed by atoms with Crippen LogP contribution >= 0.6 is 0 Å². The highest BCUT2D eigenvalue weighted by Crippen LogP contribution is 2.42. The van der Waals surface area contributed by atoms with E-state index in [2.05, 4.69) is 25.6 Å². The van der Waals surface area contributed by atoms with Crippen LogP contribution in [-0.2, 0) is 4.79 Å². The fraction of sp³-hybridized carbons (Fsp3) is 0.208. The van der Waals surface area contributed by atoms with E-state index in [4.69, 9.17) is 4.74 Å². The van der Waals surface area contributed by atoms with E-state index in [-0.39, 0.29) is 11.8 Å². The van der Waals surface area contributed by atoms with Gasteiger partial charge in [-0.15, -0.1) is 5.10 Å². The molecular formula is C24H22N6O2. The molecule has 2 aromatic heterocycles. The quantitative estimate of drug-likeness (QED) is 0.533. The van der Waals surface area contributed by atoms with E-state index in [0.29, 0.717) is 23.9 Å². The summed E-state index contributed by atoms with van der Waals surface area (Å²) in [6.45, 7) is 3.96. The smallest absolute Gasteiger partial charge is 0.272 e. The Bertz CT molecular complexity index is 1310. The Morgan fingerprint density at radius 1 is 1.09 bits per heavy atom. The molecule has 4 aromatic rings. The van der Waals surface area contributed by atoms with Gasteiger partial charge in [0, 0.05) is 29.0 Å². The average molecular weight is 426 g/mol. The molecule has 8 heteroatoms. The van der Waals surface area contributed by atoms with Gasteiger partial charge in [-0.2, -0.15) is 14.9 Å². The SMILES string of the molecule is COc1ccccc1[C@H]1CC(=O)Nc2c1c(C)nn2-c1nncc(-c2ccc(C)cc2)n1. The van der Waals surface area contributed by atoms with Crippen LogP contribution in [0.25, 0.3) is 17.2 Å². The van der Waals surface area contributed by atoms with Crippen molar-refractivity contribution in [2.75, 3.05) is 12.4 Å². The van der Waals surface area contributed by atoms with E-state index in [1.165, 1.54) is 0 Å². The predicted molar refractivity (Wildman–Crippen MR) is 120 cm³/mol. The highest BCUT2D eigenvalue weighted by molar-refractivity contribution is 5.95. The van der Waals surface area contributed by atoms with Gasteiger partial charge in [-0.3, -0.25) is 4.79 Å². The van der Waals surface area contributed by atoms with Gasteiger partial charge in [0.05, 0.1) is 24.7 Å². The van der Waals surface area contributed by atoms with Crippen molar-refractivity contribution in [3.8, 4) is 23.0 Å². The number of carbonyl (C=O) groups excluding carboxylic acids is 1. The Labute approximate surface area is 185 Å². The number of anilines is 1. The maximum absolute atomic E-state index is 12.7. The highest BCUT2D eigenvalue weighted by atomic mass is 16.5. The van der Waals surface area contributed by atoms with Gasteiger partial charge >= 0.3 is 0 Å². The summed E-state index contributed by atoms with van der Waals surface area (Å²) in [5.41, 5.74) is 5.44. The molecule has 0 bridgehead atoms. The van der Waals surface area contributed by atoms with Crippen LogP contribution in [0.1, 0.15) is 34.7 Å². The molecule has 3 heterocycles. The number of hydrogen-bond acceptors (Lipinski definition) is 6. The Morgan fingerprint density at radius 3 is 2.66 bits per heavy atom. The molecule has 0 unspecified atom stereocenters. The number of nitrogens with zero attached hydrogens (tertiary/aromatic N) is 5. The van der Waals surface area contributed by atoms with E-state index in [1.54, 1.807) is 18.0 Å². The first-order valence-corrected chi connectivity index (χ1v) is 10.3.